The van der Waals surface area contributed by atoms with E-state index in [1.165, 1.54) is 32.0 Å². The Morgan fingerprint density at radius 2 is 1.79 bits per heavy atom. The molecule has 0 saturated heterocycles. The molecule has 0 heterocycles. The summed E-state index contributed by atoms with van der Waals surface area (Å²) in [7, 11) is 3.00. The predicted molar refractivity (Wildman–Crippen MR) is 129 cm³/mol. The van der Waals surface area contributed by atoms with Gasteiger partial charge in [-0.15, -0.1) is 0 Å². The second-order valence-corrected chi connectivity index (χ2v) is 10.4. The van der Waals surface area contributed by atoms with Crippen LogP contribution in [0.3, 0.4) is 0 Å². The van der Waals surface area contributed by atoms with Crippen molar-refractivity contribution < 1.29 is 43.8 Å². The maximum Gasteiger partial charge on any atom is 0.235 e. The van der Waals surface area contributed by atoms with Crippen LogP contribution in [0.2, 0.25) is 0 Å². The van der Waals surface area contributed by atoms with Gasteiger partial charge in [-0.3, -0.25) is 38.5 Å². The topological polar surface area (TPSA) is 201 Å². The van der Waals surface area contributed by atoms with Crippen molar-refractivity contribution in [3.63, 3.8) is 0 Å². The third kappa shape index (κ3) is 3.95. The smallest absolute Gasteiger partial charge is 0.235 e. The van der Waals surface area contributed by atoms with Gasteiger partial charge < -0.3 is 21.3 Å². The number of nitrogens with zero attached hydrogens (tertiary/aromatic N) is 1. The van der Waals surface area contributed by atoms with Crippen LogP contribution in [0.15, 0.2) is 12.1 Å². The number of primary amides is 1. The van der Waals surface area contributed by atoms with Gasteiger partial charge in [0.25, 0.3) is 0 Å². The Labute approximate surface area is 217 Å². The molecular formula is C26H29N3O9. The van der Waals surface area contributed by atoms with Gasteiger partial charge in [-0.2, -0.15) is 0 Å². The summed E-state index contributed by atoms with van der Waals surface area (Å²) in [6.07, 6.45) is -0.193. The number of benzene rings is 1. The molecule has 4 rings (SSSR count). The fraction of sp³-hybridized carbons (Fsp3) is 0.500. The Morgan fingerprint density at radius 3 is 2.37 bits per heavy atom. The van der Waals surface area contributed by atoms with Crippen LogP contribution in [0.4, 0.5) is 0 Å². The molecule has 0 aliphatic heterocycles. The molecule has 1 aromatic carbocycles. The quantitative estimate of drug-likeness (QED) is 0.251. The molecule has 2 amide bonds. The molecule has 0 bridgehead atoms. The van der Waals surface area contributed by atoms with E-state index in [1.54, 1.807) is 0 Å². The van der Waals surface area contributed by atoms with Gasteiger partial charge in [-0.1, -0.05) is 0 Å². The molecule has 0 spiro atoms. The molecule has 3 aliphatic rings. The minimum Gasteiger partial charge on any atom is -0.507 e. The summed E-state index contributed by atoms with van der Waals surface area (Å²) in [6, 6.07) is 1.31. The molecule has 38 heavy (non-hydrogen) atoms. The van der Waals surface area contributed by atoms with Gasteiger partial charge in [0.05, 0.1) is 17.5 Å². The van der Waals surface area contributed by atoms with Crippen LogP contribution in [-0.2, 0) is 30.4 Å². The standard InChI is InChI=1S/C26H29N3O9/c1-10(30)28-7-6-15(31)12-4-5-16(32)18-13(12)8-11-9-14-20(29(2)3)22(34)19(25(27)37)24(36)26(14,38)23(35)17(11)21(18)33/h4-5,11,14,17,19-20,32,38H,6-9H2,1-3H3,(H2,27,37)(H,28,30)/t11-,14-,17?,19?,20-,26-/m0/s1. The maximum absolute atomic E-state index is 13.8. The zero-order valence-corrected chi connectivity index (χ0v) is 21.1. The largest absolute Gasteiger partial charge is 0.507 e. The SMILES string of the molecule is CC(=O)NCCC(=O)c1ccc(O)c2c1C[C@H]1C[C@H]3[C@H](N(C)C)C(=O)C(C(N)=O)C(=O)[C@@]3(O)C(=O)C1C2=O. The minimum atomic E-state index is -2.81. The third-order valence-corrected chi connectivity index (χ3v) is 7.97. The van der Waals surface area contributed by atoms with Crippen LogP contribution in [0.1, 0.15) is 46.0 Å². The number of carbonyl (C=O) groups excluding carboxylic acids is 7. The van der Waals surface area contributed by atoms with Gasteiger partial charge in [0.15, 0.2) is 40.4 Å². The molecule has 2 fully saturated rings. The average molecular weight is 528 g/mol. The van der Waals surface area contributed by atoms with E-state index in [0.717, 1.165) is 6.07 Å². The monoisotopic (exact) mass is 527 g/mol. The number of nitrogens with one attached hydrogen (secondary N) is 1. The Bertz CT molecular complexity index is 1300. The summed E-state index contributed by atoms with van der Waals surface area (Å²) in [5.74, 6) is -12.3. The van der Waals surface area contributed by atoms with Gasteiger partial charge >= 0.3 is 0 Å². The highest BCUT2D eigenvalue weighted by Gasteiger charge is 2.69. The first kappa shape index (κ1) is 27.3. The molecule has 6 atom stereocenters. The number of Topliss-reactive ketones (excluding diaryl/α,β-unsaturated/α-hetero) is 5. The zero-order valence-electron chi connectivity index (χ0n) is 21.1. The summed E-state index contributed by atoms with van der Waals surface area (Å²) < 4.78 is 0. The third-order valence-electron chi connectivity index (χ3n) is 7.97. The number of carbonyl (C=O) groups is 7. The number of hydrogen-bond acceptors (Lipinski definition) is 10. The number of aromatic hydroxyl groups is 1. The van der Waals surface area contributed by atoms with Crippen molar-refractivity contribution in [3.8, 4) is 5.75 Å². The van der Waals surface area contributed by atoms with E-state index >= 15 is 0 Å². The molecule has 1 aromatic rings. The fourth-order valence-electron chi connectivity index (χ4n) is 6.35. The van der Waals surface area contributed by atoms with Crippen LogP contribution >= 0.6 is 0 Å². The zero-order chi connectivity index (χ0) is 28.3. The molecule has 5 N–H and O–H groups in total. The fourth-order valence-corrected chi connectivity index (χ4v) is 6.35. The minimum absolute atomic E-state index is 0.0125. The van der Waals surface area contributed by atoms with Gasteiger partial charge in [-0.05, 0) is 50.6 Å². The Morgan fingerprint density at radius 1 is 1.13 bits per heavy atom. The predicted octanol–water partition coefficient (Wildman–Crippen LogP) is -1.42. The maximum atomic E-state index is 13.8. The van der Waals surface area contributed by atoms with Gasteiger partial charge in [0, 0.05) is 31.4 Å². The lowest BCUT2D eigenvalue weighted by Crippen LogP contribution is -2.74. The number of phenols is 1. The van der Waals surface area contributed by atoms with Crippen LogP contribution < -0.4 is 11.1 Å². The first-order chi connectivity index (χ1) is 17.7. The highest BCUT2D eigenvalue weighted by atomic mass is 16.3. The number of rotatable bonds is 6. The van der Waals surface area contributed by atoms with Gasteiger partial charge in [0.1, 0.15) is 5.75 Å². The van der Waals surface area contributed by atoms with E-state index in [2.05, 4.69) is 5.32 Å². The number of ketones is 5. The number of nitrogens with two attached hydrogens (primary N) is 1. The summed E-state index contributed by atoms with van der Waals surface area (Å²) in [5, 5.41) is 24.6. The molecule has 0 radical (unpaired) electrons. The number of phenolic OH excluding ortho intramolecular Hbond substituents is 1. The molecule has 202 valence electrons. The van der Waals surface area contributed by atoms with E-state index in [0.29, 0.717) is 0 Å². The lowest BCUT2D eigenvalue weighted by atomic mass is 9.52. The van der Waals surface area contributed by atoms with Gasteiger partial charge in [0.2, 0.25) is 11.8 Å². The van der Waals surface area contributed by atoms with E-state index < -0.39 is 75.9 Å². The van der Waals surface area contributed by atoms with Crippen LogP contribution in [0, 0.1) is 23.7 Å². The lowest BCUT2D eigenvalue weighted by molar-refractivity contribution is -0.181. The molecule has 12 nitrogen and oxygen atoms in total. The van der Waals surface area contributed by atoms with Crippen molar-refractivity contribution in [1.82, 2.24) is 10.2 Å². The van der Waals surface area contributed by atoms with Crippen LogP contribution in [0.5, 0.6) is 5.75 Å². The van der Waals surface area contributed by atoms with E-state index in [4.69, 9.17) is 5.73 Å². The number of likely N-dealkylation sites (N-methyl/N-ethyl adjacent to an activating group) is 1. The van der Waals surface area contributed by atoms with Gasteiger partial charge in [-0.25, -0.2) is 0 Å². The number of hydrogen-bond donors (Lipinski definition) is 4. The summed E-state index contributed by atoms with van der Waals surface area (Å²) in [6.45, 7) is 1.37. The first-order valence-corrected chi connectivity index (χ1v) is 12.2. The molecule has 3 aliphatic carbocycles. The molecule has 2 saturated carbocycles. The van der Waals surface area contributed by atoms with Crippen molar-refractivity contribution in [3.05, 3.63) is 28.8 Å². The molecular weight excluding hydrogens is 498 g/mol. The average Bonchev–Trinajstić information content (AvgIpc) is 2.80. The van der Waals surface area contributed by atoms with Crippen molar-refractivity contribution in [2.45, 2.75) is 37.8 Å². The molecule has 12 heteroatoms. The Hall–Kier alpha value is -3.77. The highest BCUT2D eigenvalue weighted by molar-refractivity contribution is 6.32. The van der Waals surface area contributed by atoms with Crippen molar-refractivity contribution in [2.75, 3.05) is 20.6 Å². The van der Waals surface area contributed by atoms with Crippen molar-refractivity contribution in [2.24, 2.45) is 29.4 Å². The van der Waals surface area contributed by atoms with Crippen molar-refractivity contribution in [1.29, 1.82) is 0 Å². The second kappa shape index (κ2) is 9.52. The number of aliphatic hydroxyl groups is 1. The van der Waals surface area contributed by atoms with Crippen LogP contribution in [0.25, 0.3) is 0 Å². The van der Waals surface area contributed by atoms with Crippen LogP contribution in [-0.4, -0.2) is 88.1 Å². The number of fused-ring (bicyclic) bond motifs is 3. The lowest BCUT2D eigenvalue weighted by Gasteiger charge is -2.52. The number of amides is 2. The summed E-state index contributed by atoms with van der Waals surface area (Å²) in [5.41, 5.74) is 2.62. The summed E-state index contributed by atoms with van der Waals surface area (Å²) >= 11 is 0. The Balaban J connectivity index is 1.79. The first-order valence-electron chi connectivity index (χ1n) is 12.2. The molecule has 0 aromatic heterocycles. The summed E-state index contributed by atoms with van der Waals surface area (Å²) in [4.78, 5) is 91.3. The van der Waals surface area contributed by atoms with E-state index in [9.17, 15) is 43.8 Å². The van der Waals surface area contributed by atoms with Crippen molar-refractivity contribution >= 4 is 40.7 Å². The van der Waals surface area contributed by atoms with E-state index in [-0.39, 0.29) is 48.4 Å². The Kier molecular flexibility index (Phi) is 6.83. The molecule has 2 unspecified atom stereocenters. The second-order valence-electron chi connectivity index (χ2n) is 10.4. The normalized spacial score (nSPS) is 30.4. The highest BCUT2D eigenvalue weighted by Crippen LogP contribution is 2.51. The van der Waals surface area contributed by atoms with E-state index in [1.807, 2.05) is 0 Å².